The highest BCUT2D eigenvalue weighted by molar-refractivity contribution is 5.69. The summed E-state index contributed by atoms with van der Waals surface area (Å²) in [5.74, 6) is 0.635. The number of unbranched alkanes of at least 4 members (excludes halogenated alkanes) is 5. The molecule has 5 unspecified atom stereocenters. The van der Waals surface area contributed by atoms with Crippen molar-refractivity contribution in [2.75, 3.05) is 6.61 Å². The van der Waals surface area contributed by atoms with E-state index in [0.29, 0.717) is 25.2 Å². The molecule has 0 spiro atoms. The van der Waals surface area contributed by atoms with Gasteiger partial charge in [-0.15, -0.1) is 0 Å². The molecule has 0 bridgehead atoms. The van der Waals surface area contributed by atoms with Crippen LogP contribution in [0.5, 0.6) is 0 Å². The molecule has 0 aromatic rings. The van der Waals surface area contributed by atoms with Gasteiger partial charge in [0.2, 0.25) is 0 Å². The molecule has 0 aromatic heterocycles. The molecule has 5 atom stereocenters. The highest BCUT2D eigenvalue weighted by Gasteiger charge is 2.26. The molecule has 238 valence electrons. The quantitative estimate of drug-likeness (QED) is 0.0833. The predicted molar refractivity (Wildman–Crippen MR) is 172 cm³/mol. The van der Waals surface area contributed by atoms with Crippen LogP contribution in [0, 0.1) is 17.8 Å². The zero-order valence-electron chi connectivity index (χ0n) is 27.6. The van der Waals surface area contributed by atoms with E-state index in [2.05, 4.69) is 40.7 Å². The molecule has 1 rings (SSSR count). The van der Waals surface area contributed by atoms with E-state index in [1.54, 1.807) is 6.92 Å². The van der Waals surface area contributed by atoms with Gasteiger partial charge in [0.25, 0.3) is 0 Å². The predicted octanol–water partition coefficient (Wildman–Crippen LogP) is 9.53. The third-order valence-electron chi connectivity index (χ3n) is 9.09. The number of carboxylic acid groups (broad SMARTS) is 1. The number of aliphatic hydroxyl groups excluding tert-OH is 1. The number of carboxylic acids is 1. The molecular weight excluding hydrogens is 512 g/mol. The first-order chi connectivity index (χ1) is 19.4. The van der Waals surface area contributed by atoms with E-state index in [1.807, 2.05) is 13.0 Å². The summed E-state index contributed by atoms with van der Waals surface area (Å²) in [4.78, 5) is 11.0. The monoisotopic (exact) mass is 576 g/mol. The number of aliphatic hydroxyl groups is 2. The topological polar surface area (TPSA) is 87.0 Å². The Balaban J connectivity index is 2.40. The molecule has 0 aromatic carbocycles. The van der Waals surface area contributed by atoms with E-state index < -0.39 is 17.7 Å². The molecule has 0 fully saturated rings. The van der Waals surface area contributed by atoms with Crippen LogP contribution in [-0.2, 0) is 9.53 Å². The molecule has 1 aliphatic rings. The van der Waals surface area contributed by atoms with Gasteiger partial charge in [-0.1, -0.05) is 77.9 Å². The lowest BCUT2D eigenvalue weighted by Crippen LogP contribution is -2.24. The summed E-state index contributed by atoms with van der Waals surface area (Å²) >= 11 is 0. The van der Waals surface area contributed by atoms with E-state index >= 15 is 0 Å². The zero-order chi connectivity index (χ0) is 30.8. The number of allylic oxidation sites excluding steroid dienone is 3. The van der Waals surface area contributed by atoms with Crippen LogP contribution in [0.15, 0.2) is 34.6 Å². The van der Waals surface area contributed by atoms with Crippen molar-refractivity contribution in [3.63, 3.8) is 0 Å². The molecule has 1 aliphatic carbocycles. The molecular formula is C36H64O5. The van der Waals surface area contributed by atoms with Crippen molar-refractivity contribution in [2.45, 2.75) is 163 Å². The second-order valence-electron chi connectivity index (χ2n) is 13.4. The zero-order valence-corrected chi connectivity index (χ0v) is 27.6. The fourth-order valence-electron chi connectivity index (χ4n) is 5.65. The molecule has 41 heavy (non-hydrogen) atoms. The SMILES string of the molecule is CCCCCCCCOC1=C(C)C(C)C(O)C=C1CCC(C)CCCC(C)=CCCC(C)(O)CCCC(C)C(=O)O. The molecule has 0 saturated heterocycles. The largest absolute Gasteiger partial charge is 0.493 e. The molecule has 0 radical (unpaired) electrons. The summed E-state index contributed by atoms with van der Waals surface area (Å²) in [6.07, 6.45) is 20.4. The molecule has 0 heterocycles. The number of carbonyl (C=O) groups is 1. The van der Waals surface area contributed by atoms with Crippen LogP contribution < -0.4 is 0 Å². The maximum atomic E-state index is 11.0. The van der Waals surface area contributed by atoms with Gasteiger partial charge < -0.3 is 20.1 Å². The van der Waals surface area contributed by atoms with Gasteiger partial charge in [-0.3, -0.25) is 4.79 Å². The van der Waals surface area contributed by atoms with E-state index in [-0.39, 0.29) is 11.8 Å². The van der Waals surface area contributed by atoms with Crippen LogP contribution in [-0.4, -0.2) is 39.6 Å². The molecule has 0 saturated carbocycles. The summed E-state index contributed by atoms with van der Waals surface area (Å²) in [6, 6.07) is 0. The smallest absolute Gasteiger partial charge is 0.306 e. The highest BCUT2D eigenvalue weighted by atomic mass is 16.5. The molecule has 5 heteroatoms. The first-order valence-electron chi connectivity index (χ1n) is 16.7. The normalized spacial score (nSPS) is 20.9. The van der Waals surface area contributed by atoms with Gasteiger partial charge in [0.05, 0.1) is 24.2 Å². The van der Waals surface area contributed by atoms with Crippen molar-refractivity contribution in [3.8, 4) is 0 Å². The summed E-state index contributed by atoms with van der Waals surface area (Å²) < 4.78 is 6.33. The Kier molecular flexibility index (Phi) is 18.6. The van der Waals surface area contributed by atoms with E-state index in [9.17, 15) is 15.0 Å². The Bertz CT molecular complexity index is 837. The number of aliphatic carboxylic acids is 1. The van der Waals surface area contributed by atoms with Gasteiger partial charge in [-0.05, 0) is 108 Å². The van der Waals surface area contributed by atoms with E-state index in [0.717, 1.165) is 57.3 Å². The average molecular weight is 577 g/mol. The van der Waals surface area contributed by atoms with Gasteiger partial charge in [-0.25, -0.2) is 0 Å². The average Bonchev–Trinajstić information content (AvgIpc) is 2.90. The van der Waals surface area contributed by atoms with Crippen molar-refractivity contribution in [2.24, 2.45) is 17.8 Å². The Morgan fingerprint density at radius 3 is 2.41 bits per heavy atom. The number of rotatable bonds is 23. The van der Waals surface area contributed by atoms with Gasteiger partial charge in [-0.2, -0.15) is 0 Å². The van der Waals surface area contributed by atoms with Crippen LogP contribution >= 0.6 is 0 Å². The van der Waals surface area contributed by atoms with Crippen LogP contribution in [0.25, 0.3) is 0 Å². The fraction of sp³-hybridized carbons (Fsp3) is 0.806. The minimum absolute atomic E-state index is 0.106. The second kappa shape index (κ2) is 20.3. The third kappa shape index (κ3) is 16.0. The third-order valence-corrected chi connectivity index (χ3v) is 9.09. The van der Waals surface area contributed by atoms with Crippen LogP contribution in [0.1, 0.15) is 151 Å². The summed E-state index contributed by atoms with van der Waals surface area (Å²) in [5.41, 5.74) is 3.00. The minimum Gasteiger partial charge on any atom is -0.493 e. The van der Waals surface area contributed by atoms with Crippen molar-refractivity contribution in [1.82, 2.24) is 0 Å². The Morgan fingerprint density at radius 2 is 1.73 bits per heavy atom. The fourth-order valence-corrected chi connectivity index (χ4v) is 5.65. The van der Waals surface area contributed by atoms with Gasteiger partial charge in [0.1, 0.15) is 5.76 Å². The maximum absolute atomic E-state index is 11.0. The maximum Gasteiger partial charge on any atom is 0.306 e. The van der Waals surface area contributed by atoms with Crippen LogP contribution in [0.3, 0.4) is 0 Å². The van der Waals surface area contributed by atoms with Crippen molar-refractivity contribution < 1.29 is 24.9 Å². The van der Waals surface area contributed by atoms with Crippen molar-refractivity contribution >= 4 is 5.97 Å². The van der Waals surface area contributed by atoms with E-state index in [1.165, 1.54) is 55.2 Å². The molecule has 5 nitrogen and oxygen atoms in total. The number of ether oxygens (including phenoxy) is 1. The lowest BCUT2D eigenvalue weighted by Gasteiger charge is -2.29. The first-order valence-corrected chi connectivity index (χ1v) is 16.7. The Morgan fingerprint density at radius 1 is 1.05 bits per heavy atom. The van der Waals surface area contributed by atoms with Crippen LogP contribution in [0.2, 0.25) is 0 Å². The lowest BCUT2D eigenvalue weighted by atomic mass is 9.84. The Labute approximate surface area is 252 Å². The molecule has 0 aliphatic heterocycles. The highest BCUT2D eigenvalue weighted by Crippen LogP contribution is 2.34. The van der Waals surface area contributed by atoms with Gasteiger partial charge >= 0.3 is 5.97 Å². The first kappa shape index (κ1) is 37.4. The van der Waals surface area contributed by atoms with Crippen molar-refractivity contribution in [3.05, 3.63) is 34.6 Å². The summed E-state index contributed by atoms with van der Waals surface area (Å²) in [7, 11) is 0. The Hall–Kier alpha value is -1.59. The van der Waals surface area contributed by atoms with Gasteiger partial charge in [0, 0.05) is 5.92 Å². The number of hydrogen-bond acceptors (Lipinski definition) is 4. The van der Waals surface area contributed by atoms with Crippen LogP contribution in [0.4, 0.5) is 0 Å². The summed E-state index contributed by atoms with van der Waals surface area (Å²) in [6.45, 7) is 15.3. The number of hydrogen-bond donors (Lipinski definition) is 3. The molecule has 0 amide bonds. The standard InChI is InChI=1S/C36H64O5/c1-8-9-10-11-12-13-25-41-34-31(6)30(5)33(37)26-32(34)22-21-28(3)18-14-17-27(2)19-15-23-36(7,40)24-16-20-29(4)35(38)39/h19,26,28-30,33,37,40H,8-18,20-25H2,1-7H3,(H,38,39). The van der Waals surface area contributed by atoms with Gasteiger partial charge in [0.15, 0.2) is 0 Å². The lowest BCUT2D eigenvalue weighted by molar-refractivity contribution is -0.141. The van der Waals surface area contributed by atoms with E-state index in [4.69, 9.17) is 9.84 Å². The second-order valence-corrected chi connectivity index (χ2v) is 13.4. The molecule has 3 N–H and O–H groups in total. The minimum atomic E-state index is -0.762. The van der Waals surface area contributed by atoms with Crippen molar-refractivity contribution in [1.29, 1.82) is 0 Å². The summed E-state index contributed by atoms with van der Waals surface area (Å²) in [5, 5.41) is 30.3.